The maximum absolute atomic E-state index is 5.47. The van der Waals surface area contributed by atoms with E-state index >= 15 is 0 Å². The number of pyridine rings is 1. The zero-order valence-corrected chi connectivity index (χ0v) is 10.4. The number of hydrogen-bond donors (Lipinski definition) is 1. The lowest BCUT2D eigenvalue weighted by molar-refractivity contribution is 0.422. The molecule has 2 N–H and O–H groups in total. The van der Waals surface area contributed by atoms with Crippen LogP contribution in [0.3, 0.4) is 0 Å². The number of nitrogens with two attached hydrogens (primary N) is 1. The molecule has 0 amide bonds. The van der Waals surface area contributed by atoms with Gasteiger partial charge in [0.05, 0.1) is 11.1 Å². The molecule has 0 aliphatic heterocycles. The van der Waals surface area contributed by atoms with Gasteiger partial charge in [0.15, 0.2) is 5.82 Å². The average Bonchev–Trinajstić information content (AvgIpc) is 2.93. The van der Waals surface area contributed by atoms with E-state index in [1.807, 2.05) is 30.3 Å². The third kappa shape index (κ3) is 2.32. The number of rotatable bonds is 4. The third-order valence-electron chi connectivity index (χ3n) is 2.95. The van der Waals surface area contributed by atoms with Gasteiger partial charge >= 0.3 is 0 Å². The van der Waals surface area contributed by atoms with Crippen molar-refractivity contribution in [1.82, 2.24) is 15.1 Å². The number of aromatic nitrogens is 3. The first-order chi connectivity index (χ1) is 9.38. The van der Waals surface area contributed by atoms with Crippen LogP contribution in [0.1, 0.15) is 12.2 Å². The van der Waals surface area contributed by atoms with Crippen LogP contribution >= 0.6 is 0 Å². The van der Waals surface area contributed by atoms with Gasteiger partial charge in [-0.25, -0.2) is 0 Å². The maximum atomic E-state index is 5.47. The summed E-state index contributed by atoms with van der Waals surface area (Å²) in [7, 11) is 0. The number of para-hydroxylation sites is 1. The van der Waals surface area contributed by atoms with Crippen molar-refractivity contribution in [3.05, 3.63) is 42.4 Å². The monoisotopic (exact) mass is 254 g/mol. The first-order valence-corrected chi connectivity index (χ1v) is 6.25. The van der Waals surface area contributed by atoms with Crippen molar-refractivity contribution < 1.29 is 4.52 Å². The van der Waals surface area contributed by atoms with Crippen LogP contribution in [0.15, 0.2) is 41.1 Å². The fraction of sp³-hybridized carbons (Fsp3) is 0.214. The molecule has 0 unspecified atom stereocenters. The van der Waals surface area contributed by atoms with Crippen LogP contribution < -0.4 is 5.73 Å². The molecule has 2 heterocycles. The quantitative estimate of drug-likeness (QED) is 0.772. The van der Waals surface area contributed by atoms with E-state index in [9.17, 15) is 0 Å². The van der Waals surface area contributed by atoms with Gasteiger partial charge in [0.25, 0.3) is 5.89 Å². The smallest absolute Gasteiger partial charge is 0.258 e. The maximum Gasteiger partial charge on any atom is 0.258 e. The van der Waals surface area contributed by atoms with Crippen molar-refractivity contribution in [1.29, 1.82) is 0 Å². The molecule has 2 aromatic heterocycles. The Morgan fingerprint density at radius 1 is 1.16 bits per heavy atom. The topological polar surface area (TPSA) is 77.8 Å². The molecule has 0 aliphatic rings. The van der Waals surface area contributed by atoms with Crippen molar-refractivity contribution in [3.63, 3.8) is 0 Å². The molecule has 0 spiro atoms. The molecule has 0 saturated heterocycles. The predicted octanol–water partition coefficient (Wildman–Crippen LogP) is 2.18. The Morgan fingerprint density at radius 2 is 2.05 bits per heavy atom. The molecule has 0 saturated carbocycles. The molecule has 96 valence electrons. The van der Waals surface area contributed by atoms with Crippen LogP contribution in [0.2, 0.25) is 0 Å². The Hall–Kier alpha value is -2.27. The predicted molar refractivity (Wildman–Crippen MR) is 72.4 cm³/mol. The Bertz CT molecular complexity index is 687. The Balaban J connectivity index is 2.02. The van der Waals surface area contributed by atoms with E-state index in [0.29, 0.717) is 18.3 Å². The van der Waals surface area contributed by atoms with E-state index in [1.54, 1.807) is 6.20 Å². The van der Waals surface area contributed by atoms with Crippen molar-refractivity contribution in [2.75, 3.05) is 6.54 Å². The lowest BCUT2D eigenvalue weighted by atomic mass is 10.1. The number of hydrogen-bond acceptors (Lipinski definition) is 5. The van der Waals surface area contributed by atoms with Gasteiger partial charge in [0.1, 0.15) is 0 Å². The van der Waals surface area contributed by atoms with Crippen LogP contribution in [0.25, 0.3) is 22.4 Å². The summed E-state index contributed by atoms with van der Waals surface area (Å²) in [5.74, 6) is 1.23. The molecule has 0 aliphatic carbocycles. The second-order valence-corrected chi connectivity index (χ2v) is 4.28. The highest BCUT2D eigenvalue weighted by molar-refractivity contribution is 5.91. The summed E-state index contributed by atoms with van der Waals surface area (Å²) in [5.41, 5.74) is 7.31. The normalized spacial score (nSPS) is 11.0. The fourth-order valence-electron chi connectivity index (χ4n) is 2.01. The van der Waals surface area contributed by atoms with E-state index in [1.165, 1.54) is 0 Å². The minimum Gasteiger partial charge on any atom is -0.334 e. The summed E-state index contributed by atoms with van der Waals surface area (Å²) < 4.78 is 5.33. The van der Waals surface area contributed by atoms with Gasteiger partial charge in [-0.2, -0.15) is 4.98 Å². The Labute approximate surface area is 110 Å². The molecule has 3 rings (SSSR count). The lowest BCUT2D eigenvalue weighted by Crippen LogP contribution is -2.01. The summed E-state index contributed by atoms with van der Waals surface area (Å²) in [6, 6.07) is 9.79. The molecule has 19 heavy (non-hydrogen) atoms. The van der Waals surface area contributed by atoms with Gasteiger partial charge in [-0.15, -0.1) is 0 Å². The van der Waals surface area contributed by atoms with Crippen molar-refractivity contribution in [2.24, 2.45) is 5.73 Å². The van der Waals surface area contributed by atoms with Crippen LogP contribution in [-0.2, 0) is 6.42 Å². The molecule has 0 fully saturated rings. The molecule has 5 nitrogen and oxygen atoms in total. The van der Waals surface area contributed by atoms with Crippen LogP contribution in [0.4, 0.5) is 0 Å². The molecular weight excluding hydrogens is 240 g/mol. The molecular formula is C14H14N4O. The highest BCUT2D eigenvalue weighted by Gasteiger charge is 2.11. The van der Waals surface area contributed by atoms with Gasteiger partial charge in [0, 0.05) is 18.0 Å². The van der Waals surface area contributed by atoms with E-state index in [2.05, 4.69) is 15.1 Å². The van der Waals surface area contributed by atoms with Gasteiger partial charge in [-0.05, 0) is 25.1 Å². The summed E-state index contributed by atoms with van der Waals surface area (Å²) in [6.45, 7) is 0.627. The van der Waals surface area contributed by atoms with Gasteiger partial charge in [0.2, 0.25) is 0 Å². The van der Waals surface area contributed by atoms with E-state index in [0.717, 1.165) is 29.3 Å². The van der Waals surface area contributed by atoms with Crippen molar-refractivity contribution >= 4 is 10.9 Å². The SMILES string of the molecule is NCCCc1noc(-c2ccnc3ccccc23)n1. The molecule has 1 aromatic carbocycles. The third-order valence-corrected chi connectivity index (χ3v) is 2.95. The number of nitrogens with zero attached hydrogens (tertiary/aromatic N) is 3. The molecule has 0 bridgehead atoms. The summed E-state index contributed by atoms with van der Waals surface area (Å²) >= 11 is 0. The van der Waals surface area contributed by atoms with Crippen LogP contribution in [0.5, 0.6) is 0 Å². The minimum absolute atomic E-state index is 0.533. The number of benzene rings is 1. The zero-order chi connectivity index (χ0) is 13.1. The molecule has 3 aromatic rings. The highest BCUT2D eigenvalue weighted by atomic mass is 16.5. The van der Waals surface area contributed by atoms with Crippen molar-refractivity contribution in [2.45, 2.75) is 12.8 Å². The minimum atomic E-state index is 0.533. The zero-order valence-electron chi connectivity index (χ0n) is 10.4. The molecule has 5 heteroatoms. The average molecular weight is 254 g/mol. The standard InChI is InChI=1S/C14H14N4O/c15-8-3-6-13-17-14(19-18-13)11-7-9-16-12-5-2-1-4-10(11)12/h1-2,4-5,7,9H,3,6,8,15H2. The van der Waals surface area contributed by atoms with E-state index in [4.69, 9.17) is 10.3 Å². The summed E-state index contributed by atoms with van der Waals surface area (Å²) in [6.07, 6.45) is 3.35. The van der Waals surface area contributed by atoms with Crippen molar-refractivity contribution in [3.8, 4) is 11.5 Å². The lowest BCUT2D eigenvalue weighted by Gasteiger charge is -2.00. The van der Waals surface area contributed by atoms with Crippen LogP contribution in [-0.4, -0.2) is 21.7 Å². The Morgan fingerprint density at radius 3 is 2.95 bits per heavy atom. The van der Waals surface area contributed by atoms with E-state index < -0.39 is 0 Å². The first kappa shape index (κ1) is 11.8. The van der Waals surface area contributed by atoms with E-state index in [-0.39, 0.29) is 0 Å². The molecule has 0 atom stereocenters. The summed E-state index contributed by atoms with van der Waals surface area (Å²) in [5, 5.41) is 4.99. The van der Waals surface area contributed by atoms with Crippen LogP contribution in [0, 0.1) is 0 Å². The van der Waals surface area contributed by atoms with Gasteiger partial charge in [-0.1, -0.05) is 23.4 Å². The van der Waals surface area contributed by atoms with Gasteiger partial charge in [-0.3, -0.25) is 4.98 Å². The fourth-order valence-corrected chi connectivity index (χ4v) is 2.01. The number of aryl methyl sites for hydroxylation is 1. The Kier molecular flexibility index (Phi) is 3.20. The molecule has 0 radical (unpaired) electrons. The second-order valence-electron chi connectivity index (χ2n) is 4.28. The summed E-state index contributed by atoms with van der Waals surface area (Å²) in [4.78, 5) is 8.72. The van der Waals surface area contributed by atoms with Gasteiger partial charge < -0.3 is 10.3 Å². The number of fused-ring (bicyclic) bond motifs is 1. The second kappa shape index (κ2) is 5.16. The first-order valence-electron chi connectivity index (χ1n) is 6.25. The largest absolute Gasteiger partial charge is 0.334 e. The highest BCUT2D eigenvalue weighted by Crippen LogP contribution is 2.25.